The SMILES string of the molecule is CC1=C(C(=O)OCCC#N)C(c2cccc(Cl)c2)C(C(=O)OCc2ccccc2)=C(COCCC2CCCCC2)N1. The Morgan fingerprint density at radius 2 is 1.71 bits per heavy atom. The van der Waals surface area contributed by atoms with Gasteiger partial charge in [-0.05, 0) is 42.5 Å². The third kappa shape index (κ3) is 8.45. The lowest BCUT2D eigenvalue weighted by Crippen LogP contribution is -2.35. The van der Waals surface area contributed by atoms with Crippen molar-refractivity contribution in [2.75, 3.05) is 19.8 Å². The van der Waals surface area contributed by atoms with Gasteiger partial charge in [-0.1, -0.05) is 86.2 Å². The fourth-order valence-electron chi connectivity index (χ4n) is 5.51. The number of ether oxygens (including phenoxy) is 3. The molecule has 0 radical (unpaired) electrons. The van der Waals surface area contributed by atoms with E-state index in [2.05, 4.69) is 5.32 Å². The molecule has 0 spiro atoms. The van der Waals surface area contributed by atoms with Crippen LogP contribution in [0.3, 0.4) is 0 Å². The van der Waals surface area contributed by atoms with Gasteiger partial charge < -0.3 is 19.5 Å². The van der Waals surface area contributed by atoms with Gasteiger partial charge in [0.25, 0.3) is 0 Å². The molecule has 0 bridgehead atoms. The highest BCUT2D eigenvalue weighted by atomic mass is 35.5. The number of rotatable bonds is 12. The Morgan fingerprint density at radius 1 is 0.951 bits per heavy atom. The van der Waals surface area contributed by atoms with Crippen molar-refractivity contribution >= 4 is 23.5 Å². The van der Waals surface area contributed by atoms with Crippen molar-refractivity contribution in [2.45, 2.75) is 64.4 Å². The second-order valence-corrected chi connectivity index (χ2v) is 10.9. The summed E-state index contributed by atoms with van der Waals surface area (Å²) in [5.41, 5.74) is 3.13. The number of dihydropyridines is 1. The van der Waals surface area contributed by atoms with E-state index in [1.165, 1.54) is 32.1 Å². The van der Waals surface area contributed by atoms with Crippen LogP contribution in [-0.4, -0.2) is 31.8 Å². The molecule has 1 aliphatic carbocycles. The number of nitrogens with one attached hydrogen (secondary N) is 1. The zero-order valence-electron chi connectivity index (χ0n) is 23.5. The van der Waals surface area contributed by atoms with Gasteiger partial charge in [0.1, 0.15) is 13.2 Å². The first-order chi connectivity index (χ1) is 20.0. The zero-order valence-corrected chi connectivity index (χ0v) is 24.3. The van der Waals surface area contributed by atoms with Crippen LogP contribution in [0.15, 0.2) is 77.1 Å². The minimum Gasteiger partial charge on any atom is -0.461 e. The van der Waals surface area contributed by atoms with E-state index in [-0.39, 0.29) is 37.4 Å². The fourth-order valence-corrected chi connectivity index (χ4v) is 5.71. The van der Waals surface area contributed by atoms with E-state index in [0.29, 0.717) is 34.5 Å². The molecule has 1 heterocycles. The van der Waals surface area contributed by atoms with Crippen LogP contribution < -0.4 is 5.32 Å². The third-order valence-electron chi connectivity index (χ3n) is 7.57. The predicted molar refractivity (Wildman–Crippen MR) is 156 cm³/mol. The lowest BCUT2D eigenvalue weighted by atomic mass is 9.80. The van der Waals surface area contributed by atoms with Gasteiger partial charge in [0.2, 0.25) is 0 Å². The monoisotopic (exact) mass is 576 g/mol. The van der Waals surface area contributed by atoms with Crippen molar-refractivity contribution in [3.63, 3.8) is 0 Å². The number of nitriles is 1. The van der Waals surface area contributed by atoms with Crippen LogP contribution in [-0.2, 0) is 30.4 Å². The van der Waals surface area contributed by atoms with E-state index >= 15 is 0 Å². The molecule has 41 heavy (non-hydrogen) atoms. The average molecular weight is 577 g/mol. The Labute approximate surface area is 247 Å². The molecule has 1 fully saturated rings. The predicted octanol–water partition coefficient (Wildman–Crippen LogP) is 6.74. The lowest BCUT2D eigenvalue weighted by molar-refractivity contribution is -0.141. The molecule has 1 aliphatic heterocycles. The van der Waals surface area contributed by atoms with Gasteiger partial charge in [0.15, 0.2) is 0 Å². The zero-order chi connectivity index (χ0) is 29.0. The molecule has 1 atom stereocenters. The number of benzene rings is 2. The molecule has 216 valence electrons. The average Bonchev–Trinajstić information content (AvgIpc) is 2.99. The maximum Gasteiger partial charge on any atom is 0.337 e. The molecule has 2 aromatic carbocycles. The van der Waals surface area contributed by atoms with E-state index in [4.69, 9.17) is 31.1 Å². The summed E-state index contributed by atoms with van der Waals surface area (Å²) in [6, 6.07) is 18.5. The highest BCUT2D eigenvalue weighted by Gasteiger charge is 2.39. The van der Waals surface area contributed by atoms with Crippen LogP contribution in [0.1, 0.15) is 68.9 Å². The minimum atomic E-state index is -0.801. The topological polar surface area (TPSA) is 97.7 Å². The third-order valence-corrected chi connectivity index (χ3v) is 7.80. The lowest BCUT2D eigenvalue weighted by Gasteiger charge is -2.32. The summed E-state index contributed by atoms with van der Waals surface area (Å²) in [5.74, 6) is -1.30. The van der Waals surface area contributed by atoms with E-state index in [9.17, 15) is 9.59 Å². The van der Waals surface area contributed by atoms with Gasteiger partial charge in [-0.3, -0.25) is 0 Å². The molecule has 7 nitrogen and oxygen atoms in total. The van der Waals surface area contributed by atoms with Crippen molar-refractivity contribution in [2.24, 2.45) is 5.92 Å². The first-order valence-corrected chi connectivity index (χ1v) is 14.6. The fraction of sp³-hybridized carbons (Fsp3) is 0.424. The summed E-state index contributed by atoms with van der Waals surface area (Å²) in [4.78, 5) is 27.2. The van der Waals surface area contributed by atoms with Crippen LogP contribution in [0.2, 0.25) is 5.02 Å². The molecule has 0 aromatic heterocycles. The number of halogens is 1. The van der Waals surface area contributed by atoms with Crippen LogP contribution >= 0.6 is 11.6 Å². The summed E-state index contributed by atoms with van der Waals surface area (Å²) < 4.78 is 17.4. The van der Waals surface area contributed by atoms with E-state index in [0.717, 1.165) is 12.0 Å². The molecule has 4 rings (SSSR count). The van der Waals surface area contributed by atoms with Crippen LogP contribution in [0.25, 0.3) is 0 Å². The molecule has 2 aliphatic rings. The maximum atomic E-state index is 13.8. The molecule has 2 aromatic rings. The second-order valence-electron chi connectivity index (χ2n) is 10.5. The van der Waals surface area contributed by atoms with Crippen molar-refractivity contribution in [3.8, 4) is 6.07 Å². The second kappa shape index (κ2) is 15.4. The Bertz CT molecular complexity index is 1310. The smallest absolute Gasteiger partial charge is 0.337 e. The molecular formula is C33H37ClN2O5. The van der Waals surface area contributed by atoms with Gasteiger partial charge in [0, 0.05) is 17.3 Å². The van der Waals surface area contributed by atoms with Crippen LogP contribution in [0, 0.1) is 17.2 Å². The van der Waals surface area contributed by atoms with Crippen molar-refractivity contribution in [3.05, 3.63) is 93.3 Å². The first kappa shape index (κ1) is 30.4. The van der Waals surface area contributed by atoms with Gasteiger partial charge in [-0.2, -0.15) is 5.26 Å². The molecule has 1 N–H and O–H groups in total. The summed E-state index contributed by atoms with van der Waals surface area (Å²) in [6.45, 7) is 2.53. The minimum absolute atomic E-state index is 0.0526. The Kier molecular flexibility index (Phi) is 11.4. The number of esters is 2. The number of hydrogen-bond acceptors (Lipinski definition) is 7. The van der Waals surface area contributed by atoms with E-state index in [1.807, 2.05) is 42.5 Å². The van der Waals surface area contributed by atoms with Gasteiger partial charge >= 0.3 is 11.9 Å². The number of hydrogen-bond donors (Lipinski definition) is 1. The quantitative estimate of drug-likeness (QED) is 0.221. The normalized spacial score (nSPS) is 17.5. The van der Waals surface area contributed by atoms with Crippen LogP contribution in [0.5, 0.6) is 0 Å². The highest BCUT2D eigenvalue weighted by molar-refractivity contribution is 6.30. The van der Waals surface area contributed by atoms with Crippen molar-refractivity contribution in [1.82, 2.24) is 5.32 Å². The maximum absolute atomic E-state index is 13.8. The standard InChI is InChI=1S/C33H37ClN2O5/c1-23-29(32(37)40-18-9-17-35)30(26-14-8-15-27(34)20-26)31(33(38)41-21-25-12-6-3-7-13-25)28(36-23)22-39-19-16-24-10-4-2-5-11-24/h3,6-8,12-15,20,24,30,36H,2,4-5,9-11,16,18-19,21-22H2,1H3. The molecule has 1 saturated carbocycles. The molecule has 1 unspecified atom stereocenters. The molecule has 0 saturated heterocycles. The first-order valence-electron chi connectivity index (χ1n) is 14.3. The van der Waals surface area contributed by atoms with Gasteiger partial charge in [-0.25, -0.2) is 9.59 Å². The van der Waals surface area contributed by atoms with Gasteiger partial charge in [-0.15, -0.1) is 0 Å². The summed E-state index contributed by atoms with van der Waals surface area (Å²) in [5, 5.41) is 12.7. The highest BCUT2D eigenvalue weighted by Crippen LogP contribution is 2.40. The number of carbonyl (C=O) groups excluding carboxylic acids is 2. The number of nitrogens with zero attached hydrogens (tertiary/aromatic N) is 1. The van der Waals surface area contributed by atoms with Crippen LogP contribution in [0.4, 0.5) is 0 Å². The van der Waals surface area contributed by atoms with Gasteiger partial charge in [0.05, 0.1) is 41.9 Å². The number of carbonyl (C=O) groups is 2. The van der Waals surface area contributed by atoms with E-state index < -0.39 is 17.9 Å². The largest absolute Gasteiger partial charge is 0.461 e. The Morgan fingerprint density at radius 3 is 2.44 bits per heavy atom. The summed E-state index contributed by atoms with van der Waals surface area (Å²) in [6.07, 6.45) is 7.36. The van der Waals surface area contributed by atoms with E-state index in [1.54, 1.807) is 25.1 Å². The molecule has 8 heteroatoms. The van der Waals surface area contributed by atoms with Crippen molar-refractivity contribution < 1.29 is 23.8 Å². The molecule has 0 amide bonds. The number of allylic oxidation sites excluding steroid dienone is 1. The van der Waals surface area contributed by atoms with Crippen molar-refractivity contribution in [1.29, 1.82) is 5.26 Å². The molecular weight excluding hydrogens is 540 g/mol. The summed E-state index contributed by atoms with van der Waals surface area (Å²) >= 11 is 6.37. The summed E-state index contributed by atoms with van der Waals surface area (Å²) in [7, 11) is 0. The Balaban J connectivity index is 1.65. The Hall–Kier alpha value is -3.60.